The lowest BCUT2D eigenvalue weighted by molar-refractivity contribution is -0.165. The number of carboxylic acid groups (broad SMARTS) is 2. The Hall–Kier alpha value is -3.26. The predicted molar refractivity (Wildman–Crippen MR) is 145 cm³/mol. The second-order valence-corrected chi connectivity index (χ2v) is 10.7. The van der Waals surface area contributed by atoms with E-state index in [9.17, 15) is 19.5 Å². The Morgan fingerprint density at radius 3 is 1.93 bits per heavy atom. The summed E-state index contributed by atoms with van der Waals surface area (Å²) in [4.78, 5) is 35.2. The Balaban J connectivity index is 0.000000397. The molecule has 0 aliphatic heterocycles. The van der Waals surface area contributed by atoms with E-state index in [0.29, 0.717) is 42.4 Å². The SMILES string of the molecule is CC(O)CNCc1ccc(-c2cc(C(=O)N(C3CCCCC3)C3CCCCC3)no2)o1.O=C(O)[C@H](O)[C@@H](O)C(=O)O. The third-order valence-corrected chi connectivity index (χ3v) is 7.35. The van der Waals surface area contributed by atoms with Crippen LogP contribution < -0.4 is 5.32 Å². The average Bonchev–Trinajstić information content (AvgIpc) is 3.64. The minimum absolute atomic E-state index is 0.000760. The van der Waals surface area contributed by atoms with Crippen molar-refractivity contribution in [2.45, 2.75) is 108 Å². The van der Waals surface area contributed by atoms with Crippen LogP contribution in [-0.2, 0) is 16.1 Å². The molecule has 3 atom stereocenters. The van der Waals surface area contributed by atoms with Gasteiger partial charge in [0.2, 0.25) is 5.76 Å². The molecule has 228 valence electrons. The van der Waals surface area contributed by atoms with E-state index >= 15 is 0 Å². The van der Waals surface area contributed by atoms with Gasteiger partial charge in [0.1, 0.15) is 5.76 Å². The standard InChI is InChI=1S/C24H35N3O4.C4H6O6/c1-17(28)15-25-16-20-12-13-22(30-20)23-14-21(26-31-23)24(29)27(18-8-4-2-5-9-18)19-10-6-3-7-11-19;5-1(3(7)8)2(6)4(9)10/h12-14,17-19,25,28H,2-11,15-16H2,1H3;1-2,5-6H,(H,7,8)(H,9,10)/t;1-,2-/m.1/s1. The lowest BCUT2D eigenvalue weighted by Crippen LogP contribution is -2.48. The third kappa shape index (κ3) is 9.38. The maximum absolute atomic E-state index is 13.5. The summed E-state index contributed by atoms with van der Waals surface area (Å²) in [5.41, 5.74) is 0.372. The Morgan fingerprint density at radius 1 is 0.902 bits per heavy atom. The first-order valence-corrected chi connectivity index (χ1v) is 14.2. The van der Waals surface area contributed by atoms with E-state index in [4.69, 9.17) is 29.4 Å². The number of hydrogen-bond acceptors (Lipinski definition) is 10. The molecule has 2 saturated carbocycles. The van der Waals surface area contributed by atoms with Crippen molar-refractivity contribution in [1.82, 2.24) is 15.4 Å². The molecule has 1 unspecified atom stereocenters. The zero-order valence-corrected chi connectivity index (χ0v) is 23.3. The van der Waals surface area contributed by atoms with Crippen molar-refractivity contribution < 1.29 is 48.9 Å². The molecule has 0 saturated heterocycles. The van der Waals surface area contributed by atoms with E-state index in [0.717, 1.165) is 31.4 Å². The highest BCUT2D eigenvalue weighted by molar-refractivity contribution is 5.93. The number of nitrogens with one attached hydrogen (secondary N) is 1. The Kier molecular flexibility index (Phi) is 12.3. The number of nitrogens with zero attached hydrogens (tertiary/aromatic N) is 2. The van der Waals surface area contributed by atoms with Crippen molar-refractivity contribution in [2.24, 2.45) is 0 Å². The molecule has 13 heteroatoms. The van der Waals surface area contributed by atoms with Gasteiger partial charge in [-0.05, 0) is 44.7 Å². The quantitative estimate of drug-likeness (QED) is 0.227. The van der Waals surface area contributed by atoms with E-state index in [1.54, 1.807) is 13.0 Å². The summed E-state index contributed by atoms with van der Waals surface area (Å²) in [7, 11) is 0. The number of carboxylic acids is 2. The molecule has 6 N–H and O–H groups in total. The van der Waals surface area contributed by atoms with Crippen LogP contribution in [0.15, 0.2) is 27.1 Å². The number of aliphatic hydroxyl groups excluding tert-OH is 3. The molecule has 0 aromatic carbocycles. The largest absolute Gasteiger partial charge is 0.479 e. The zero-order valence-electron chi connectivity index (χ0n) is 23.3. The second kappa shape index (κ2) is 15.7. The molecule has 2 aliphatic carbocycles. The number of carbonyl (C=O) groups excluding carboxylic acids is 1. The number of rotatable bonds is 11. The normalized spacial score (nSPS) is 18.5. The summed E-state index contributed by atoms with van der Waals surface area (Å²) < 4.78 is 11.3. The van der Waals surface area contributed by atoms with Crippen molar-refractivity contribution in [2.75, 3.05) is 6.54 Å². The molecule has 13 nitrogen and oxygen atoms in total. The predicted octanol–water partition coefficient (Wildman–Crippen LogP) is 2.39. The van der Waals surface area contributed by atoms with E-state index in [2.05, 4.69) is 15.4 Å². The van der Waals surface area contributed by atoms with Crippen LogP contribution in [0.3, 0.4) is 0 Å². The van der Waals surface area contributed by atoms with Gasteiger partial charge in [0.15, 0.2) is 23.7 Å². The summed E-state index contributed by atoms with van der Waals surface area (Å²) >= 11 is 0. The topological polar surface area (TPSA) is 207 Å². The van der Waals surface area contributed by atoms with Gasteiger partial charge in [-0.3, -0.25) is 4.79 Å². The Labute approximate surface area is 238 Å². The van der Waals surface area contributed by atoms with Crippen LogP contribution in [-0.4, -0.2) is 90.4 Å². The molecule has 0 spiro atoms. The summed E-state index contributed by atoms with van der Waals surface area (Å²) in [5.74, 6) is -1.77. The fraction of sp³-hybridized carbons (Fsp3) is 0.643. The zero-order chi connectivity index (χ0) is 29.9. The van der Waals surface area contributed by atoms with Gasteiger partial charge in [0, 0.05) is 24.7 Å². The van der Waals surface area contributed by atoms with Crippen LogP contribution in [0.1, 0.15) is 87.4 Å². The lowest BCUT2D eigenvalue weighted by Gasteiger charge is -2.41. The molecule has 4 rings (SSSR count). The fourth-order valence-corrected chi connectivity index (χ4v) is 5.25. The van der Waals surface area contributed by atoms with Gasteiger partial charge in [-0.2, -0.15) is 0 Å². The van der Waals surface area contributed by atoms with Gasteiger partial charge in [-0.1, -0.05) is 43.7 Å². The van der Waals surface area contributed by atoms with Crippen LogP contribution in [0.2, 0.25) is 0 Å². The van der Waals surface area contributed by atoms with Crippen molar-refractivity contribution in [3.63, 3.8) is 0 Å². The summed E-state index contributed by atoms with van der Waals surface area (Å²) in [6.07, 6.45) is 6.75. The first-order valence-electron chi connectivity index (χ1n) is 14.2. The molecule has 2 aromatic rings. The Morgan fingerprint density at radius 2 is 1.44 bits per heavy atom. The van der Waals surface area contributed by atoms with Gasteiger partial charge in [-0.25, -0.2) is 9.59 Å². The lowest BCUT2D eigenvalue weighted by atomic mass is 9.88. The highest BCUT2D eigenvalue weighted by Gasteiger charge is 2.34. The van der Waals surface area contributed by atoms with Gasteiger partial charge in [0.25, 0.3) is 5.91 Å². The molecule has 2 fully saturated rings. The number of amides is 1. The monoisotopic (exact) mass is 579 g/mol. The van der Waals surface area contributed by atoms with Crippen molar-refractivity contribution in [1.29, 1.82) is 0 Å². The fourth-order valence-electron chi connectivity index (χ4n) is 5.25. The van der Waals surface area contributed by atoms with Crippen LogP contribution >= 0.6 is 0 Å². The number of aliphatic carboxylic acids is 2. The minimum atomic E-state index is -2.27. The first-order chi connectivity index (χ1) is 19.6. The van der Waals surface area contributed by atoms with Crippen LogP contribution in [0.4, 0.5) is 0 Å². The van der Waals surface area contributed by atoms with Crippen LogP contribution in [0.25, 0.3) is 11.5 Å². The molecule has 2 aliphatic rings. The molecular weight excluding hydrogens is 538 g/mol. The Bertz CT molecular complexity index is 1080. The summed E-state index contributed by atoms with van der Waals surface area (Å²) in [5, 5.41) is 49.1. The average molecular weight is 580 g/mol. The number of carbonyl (C=O) groups is 3. The molecule has 2 heterocycles. The van der Waals surface area contributed by atoms with Crippen molar-refractivity contribution in [3.05, 3.63) is 29.7 Å². The number of aliphatic hydroxyl groups is 3. The van der Waals surface area contributed by atoms with Gasteiger partial charge in [-0.15, -0.1) is 0 Å². The minimum Gasteiger partial charge on any atom is -0.479 e. The molecule has 0 radical (unpaired) electrons. The van der Waals surface area contributed by atoms with E-state index in [1.807, 2.05) is 12.1 Å². The van der Waals surface area contributed by atoms with Crippen molar-refractivity contribution in [3.8, 4) is 11.5 Å². The molecule has 2 aromatic heterocycles. The van der Waals surface area contributed by atoms with E-state index in [-0.39, 0.29) is 5.91 Å². The molecular formula is C28H41N3O10. The smallest absolute Gasteiger partial charge is 0.335 e. The van der Waals surface area contributed by atoms with Gasteiger partial charge >= 0.3 is 11.9 Å². The second-order valence-electron chi connectivity index (χ2n) is 10.7. The van der Waals surface area contributed by atoms with Gasteiger partial charge < -0.3 is 44.7 Å². The molecule has 1 amide bonds. The number of aromatic nitrogens is 1. The van der Waals surface area contributed by atoms with Crippen LogP contribution in [0.5, 0.6) is 0 Å². The number of furan rings is 1. The van der Waals surface area contributed by atoms with E-state index < -0.39 is 30.3 Å². The van der Waals surface area contributed by atoms with Crippen LogP contribution in [0, 0.1) is 0 Å². The maximum atomic E-state index is 13.5. The maximum Gasteiger partial charge on any atom is 0.335 e. The highest BCUT2D eigenvalue weighted by atomic mass is 16.5. The first kappa shape index (κ1) is 32.3. The van der Waals surface area contributed by atoms with E-state index in [1.165, 1.54) is 38.5 Å². The van der Waals surface area contributed by atoms with Crippen molar-refractivity contribution >= 4 is 17.8 Å². The third-order valence-electron chi connectivity index (χ3n) is 7.35. The number of hydrogen-bond donors (Lipinski definition) is 6. The van der Waals surface area contributed by atoms with Gasteiger partial charge in [0.05, 0.1) is 12.6 Å². The molecule has 41 heavy (non-hydrogen) atoms. The molecule has 0 bridgehead atoms. The summed E-state index contributed by atoms with van der Waals surface area (Å²) in [6, 6.07) is 6.05. The highest BCUT2D eigenvalue weighted by Crippen LogP contribution is 2.32. The summed E-state index contributed by atoms with van der Waals surface area (Å²) in [6.45, 7) is 2.74.